The third-order valence-corrected chi connectivity index (χ3v) is 4.69. The molecule has 2 aromatic rings. The zero-order chi connectivity index (χ0) is 18.0. The van der Waals surface area contributed by atoms with Gasteiger partial charge in [-0.25, -0.2) is 4.79 Å². The third kappa shape index (κ3) is 4.62. The van der Waals surface area contributed by atoms with E-state index >= 15 is 0 Å². The number of likely N-dealkylation sites (tertiary alicyclic amines) is 1. The minimum absolute atomic E-state index is 0.230. The van der Waals surface area contributed by atoms with Crippen molar-refractivity contribution in [3.8, 4) is 5.75 Å². The van der Waals surface area contributed by atoms with Gasteiger partial charge in [0, 0.05) is 25.4 Å². The lowest BCUT2D eigenvalue weighted by Gasteiger charge is -2.33. The van der Waals surface area contributed by atoms with Gasteiger partial charge in [-0.2, -0.15) is 0 Å². The molecule has 0 atom stereocenters. The summed E-state index contributed by atoms with van der Waals surface area (Å²) in [5.74, 6) is 1.18. The van der Waals surface area contributed by atoms with Crippen molar-refractivity contribution in [3.63, 3.8) is 0 Å². The zero-order valence-electron chi connectivity index (χ0n) is 14.7. The van der Waals surface area contributed by atoms with Crippen molar-refractivity contribution in [3.05, 3.63) is 23.1 Å². The van der Waals surface area contributed by atoms with Crippen LogP contribution in [0, 0.1) is 5.92 Å². The fourth-order valence-corrected chi connectivity index (χ4v) is 3.20. The molecule has 0 bridgehead atoms. The van der Waals surface area contributed by atoms with Crippen LogP contribution in [0.15, 0.2) is 23.1 Å². The van der Waals surface area contributed by atoms with Crippen LogP contribution >= 0.6 is 15.9 Å². The molecule has 0 radical (unpaired) electrons. The summed E-state index contributed by atoms with van der Waals surface area (Å²) in [6, 6.07) is 1.87. The summed E-state index contributed by atoms with van der Waals surface area (Å²) in [5, 5.41) is 7.90. The Kier molecular flexibility index (Phi) is 5.17. The predicted octanol–water partition coefficient (Wildman–Crippen LogP) is 3.52. The van der Waals surface area contributed by atoms with Crippen LogP contribution < -0.4 is 4.74 Å². The van der Waals surface area contributed by atoms with Gasteiger partial charge in [0.1, 0.15) is 17.7 Å². The zero-order valence-corrected chi connectivity index (χ0v) is 16.3. The number of amides is 1. The quantitative estimate of drug-likeness (QED) is 0.773. The lowest BCUT2D eigenvalue weighted by molar-refractivity contribution is 0.0165. The van der Waals surface area contributed by atoms with Crippen molar-refractivity contribution in [2.24, 2.45) is 5.92 Å². The Hall–Kier alpha value is -1.83. The second kappa shape index (κ2) is 7.19. The van der Waals surface area contributed by atoms with Crippen molar-refractivity contribution in [2.75, 3.05) is 19.7 Å². The van der Waals surface area contributed by atoms with E-state index in [9.17, 15) is 4.79 Å². The highest BCUT2D eigenvalue weighted by Crippen LogP contribution is 2.27. The lowest BCUT2D eigenvalue weighted by atomic mass is 9.98. The molecular formula is C17H23BrN4O3. The second-order valence-electron chi connectivity index (χ2n) is 7.30. The average Bonchev–Trinajstić information content (AvgIpc) is 2.98. The summed E-state index contributed by atoms with van der Waals surface area (Å²) < 4.78 is 14.1. The summed E-state index contributed by atoms with van der Waals surface area (Å²) in [5.41, 5.74) is 0.293. The van der Waals surface area contributed by atoms with Crippen LogP contribution in [-0.4, -0.2) is 50.9 Å². The molecule has 0 N–H and O–H groups in total. The van der Waals surface area contributed by atoms with E-state index in [0.29, 0.717) is 25.6 Å². The fraction of sp³-hybridized carbons (Fsp3) is 0.588. The molecule has 0 spiro atoms. The van der Waals surface area contributed by atoms with Crippen LogP contribution in [0.5, 0.6) is 5.75 Å². The van der Waals surface area contributed by atoms with Gasteiger partial charge in [-0.15, -0.1) is 10.2 Å². The Morgan fingerprint density at radius 3 is 2.76 bits per heavy atom. The van der Waals surface area contributed by atoms with Gasteiger partial charge in [-0.3, -0.25) is 4.40 Å². The Labute approximate surface area is 155 Å². The first-order valence-corrected chi connectivity index (χ1v) is 9.21. The number of rotatable bonds is 3. The minimum Gasteiger partial charge on any atom is -0.492 e. The molecule has 0 aliphatic carbocycles. The Morgan fingerprint density at radius 1 is 1.36 bits per heavy atom. The van der Waals surface area contributed by atoms with Crippen LogP contribution in [0.2, 0.25) is 0 Å². The lowest BCUT2D eigenvalue weighted by Crippen LogP contribution is -2.42. The molecule has 1 aliphatic rings. The normalized spacial score (nSPS) is 16.2. The van der Waals surface area contributed by atoms with E-state index in [1.54, 1.807) is 11.2 Å². The standard InChI is InChI=1S/C17H23BrN4O3/c1-17(2,3)25-16(23)21-6-4-12(5-7-21)10-24-14-8-15-20-19-11-22(15)9-13(14)18/h8-9,11-12H,4-7,10H2,1-3H3. The molecule has 8 heteroatoms. The number of pyridine rings is 1. The molecule has 0 aromatic carbocycles. The third-order valence-electron chi connectivity index (χ3n) is 4.09. The first kappa shape index (κ1) is 18.0. The molecule has 1 fully saturated rings. The predicted molar refractivity (Wildman–Crippen MR) is 96.7 cm³/mol. The summed E-state index contributed by atoms with van der Waals surface area (Å²) in [7, 11) is 0. The topological polar surface area (TPSA) is 69.0 Å². The van der Waals surface area contributed by atoms with Gasteiger partial charge in [-0.05, 0) is 55.5 Å². The highest BCUT2D eigenvalue weighted by atomic mass is 79.9. The monoisotopic (exact) mass is 410 g/mol. The van der Waals surface area contributed by atoms with Gasteiger partial charge in [0.25, 0.3) is 0 Å². The fourth-order valence-electron chi connectivity index (χ4n) is 2.75. The number of piperidine rings is 1. The van der Waals surface area contributed by atoms with E-state index in [1.807, 2.05) is 37.4 Å². The van der Waals surface area contributed by atoms with Gasteiger partial charge in [0.15, 0.2) is 5.65 Å². The van der Waals surface area contributed by atoms with E-state index in [0.717, 1.165) is 28.7 Å². The number of hydrogen-bond donors (Lipinski definition) is 0. The number of hydrogen-bond acceptors (Lipinski definition) is 5. The molecule has 3 heterocycles. The van der Waals surface area contributed by atoms with Gasteiger partial charge in [0.05, 0.1) is 11.1 Å². The number of fused-ring (bicyclic) bond motifs is 1. The van der Waals surface area contributed by atoms with Crippen LogP contribution in [0.3, 0.4) is 0 Å². The highest BCUT2D eigenvalue weighted by Gasteiger charge is 2.27. The van der Waals surface area contributed by atoms with Crippen molar-refractivity contribution in [1.29, 1.82) is 0 Å². The van der Waals surface area contributed by atoms with Crippen LogP contribution in [0.25, 0.3) is 5.65 Å². The van der Waals surface area contributed by atoms with Crippen molar-refractivity contribution in [1.82, 2.24) is 19.5 Å². The van der Waals surface area contributed by atoms with Gasteiger partial charge >= 0.3 is 6.09 Å². The van der Waals surface area contributed by atoms with E-state index < -0.39 is 5.60 Å². The number of carbonyl (C=O) groups excluding carboxylic acids is 1. The molecule has 7 nitrogen and oxygen atoms in total. The van der Waals surface area contributed by atoms with E-state index in [1.165, 1.54) is 0 Å². The molecule has 136 valence electrons. The average molecular weight is 411 g/mol. The smallest absolute Gasteiger partial charge is 0.410 e. The maximum Gasteiger partial charge on any atom is 0.410 e. The summed E-state index contributed by atoms with van der Waals surface area (Å²) in [4.78, 5) is 13.9. The summed E-state index contributed by atoms with van der Waals surface area (Å²) in [6.07, 6.45) is 5.12. The number of aromatic nitrogens is 3. The maximum absolute atomic E-state index is 12.1. The highest BCUT2D eigenvalue weighted by molar-refractivity contribution is 9.10. The Balaban J connectivity index is 1.50. The van der Waals surface area contributed by atoms with Crippen LogP contribution in [-0.2, 0) is 4.74 Å². The summed E-state index contributed by atoms with van der Waals surface area (Å²) in [6.45, 7) is 7.67. The molecule has 0 saturated carbocycles. The second-order valence-corrected chi connectivity index (χ2v) is 8.16. The molecule has 1 amide bonds. The van der Waals surface area contributed by atoms with E-state index in [2.05, 4.69) is 26.1 Å². The van der Waals surface area contributed by atoms with Crippen molar-refractivity contribution in [2.45, 2.75) is 39.2 Å². The molecule has 2 aromatic heterocycles. The Morgan fingerprint density at radius 2 is 2.08 bits per heavy atom. The molecule has 1 aliphatic heterocycles. The number of ether oxygens (including phenoxy) is 2. The van der Waals surface area contributed by atoms with Crippen molar-refractivity contribution >= 4 is 27.7 Å². The van der Waals surface area contributed by atoms with Crippen LogP contribution in [0.4, 0.5) is 4.79 Å². The molecule has 0 unspecified atom stereocenters. The summed E-state index contributed by atoms with van der Waals surface area (Å²) >= 11 is 3.51. The number of carbonyl (C=O) groups is 1. The molecular weight excluding hydrogens is 388 g/mol. The van der Waals surface area contributed by atoms with E-state index in [-0.39, 0.29) is 6.09 Å². The van der Waals surface area contributed by atoms with Crippen LogP contribution in [0.1, 0.15) is 33.6 Å². The Bertz CT molecular complexity index is 748. The van der Waals surface area contributed by atoms with Gasteiger partial charge in [-0.1, -0.05) is 0 Å². The minimum atomic E-state index is -0.455. The molecule has 3 rings (SSSR count). The first-order valence-electron chi connectivity index (χ1n) is 8.41. The maximum atomic E-state index is 12.1. The molecule has 1 saturated heterocycles. The largest absolute Gasteiger partial charge is 0.492 e. The number of halogens is 1. The van der Waals surface area contributed by atoms with E-state index in [4.69, 9.17) is 9.47 Å². The molecule has 25 heavy (non-hydrogen) atoms. The SMILES string of the molecule is CC(C)(C)OC(=O)N1CCC(COc2cc3nncn3cc2Br)CC1. The van der Waals surface area contributed by atoms with Crippen molar-refractivity contribution < 1.29 is 14.3 Å². The first-order chi connectivity index (χ1) is 11.8. The van der Waals surface area contributed by atoms with Gasteiger partial charge in [0.2, 0.25) is 0 Å². The van der Waals surface area contributed by atoms with Gasteiger partial charge < -0.3 is 14.4 Å². The number of nitrogens with zero attached hydrogens (tertiary/aromatic N) is 4.